The van der Waals surface area contributed by atoms with Crippen molar-refractivity contribution in [2.75, 3.05) is 11.5 Å². The third-order valence-corrected chi connectivity index (χ3v) is 2.29. The van der Waals surface area contributed by atoms with Gasteiger partial charge in [-0.3, -0.25) is 4.79 Å². The largest absolute Gasteiger partial charge is 0.474 e. The highest BCUT2D eigenvalue weighted by atomic mass is 32.2. The summed E-state index contributed by atoms with van der Waals surface area (Å²) in [6.45, 7) is 3.79. The lowest BCUT2D eigenvalue weighted by Crippen LogP contribution is -2.38. The fourth-order valence-electron chi connectivity index (χ4n) is 0.622. The van der Waals surface area contributed by atoms with Crippen molar-refractivity contribution in [3.8, 4) is 0 Å². The molecule has 1 atom stereocenters. The second kappa shape index (κ2) is 5.88. The lowest BCUT2D eigenvalue weighted by atomic mass is 10.4. The van der Waals surface area contributed by atoms with Crippen molar-refractivity contribution in [2.24, 2.45) is 0 Å². The van der Waals surface area contributed by atoms with Crippen LogP contribution in [0.1, 0.15) is 13.8 Å². The van der Waals surface area contributed by atoms with E-state index in [1.807, 2.05) is 6.92 Å². The molecule has 0 heterocycles. The quantitative estimate of drug-likeness (QED) is 0.628. The van der Waals surface area contributed by atoms with E-state index in [1.165, 1.54) is 0 Å². The van der Waals surface area contributed by atoms with Crippen LogP contribution in [0.5, 0.6) is 0 Å². The normalized spacial score (nSPS) is 12.2. The summed E-state index contributed by atoms with van der Waals surface area (Å²) < 4.78 is 0. The molecular weight excluding hydrogens is 178 g/mol. The Kier molecular flexibility index (Phi) is 5.53. The molecule has 0 aromatic heterocycles. The minimum Gasteiger partial charge on any atom is -0.474 e. The van der Waals surface area contributed by atoms with Crippen LogP contribution in [0, 0.1) is 0 Å². The summed E-state index contributed by atoms with van der Waals surface area (Å²) in [5, 5.41) is 10.6. The molecule has 5 heteroatoms. The molecule has 12 heavy (non-hydrogen) atoms. The van der Waals surface area contributed by atoms with E-state index < -0.39 is 11.9 Å². The highest BCUT2D eigenvalue weighted by Gasteiger charge is 2.13. The molecule has 0 aromatic carbocycles. The molecular formula is C7H13NO3S. The van der Waals surface area contributed by atoms with Crippen LogP contribution < -0.4 is 5.32 Å². The van der Waals surface area contributed by atoms with Crippen molar-refractivity contribution >= 4 is 23.6 Å². The molecule has 0 aliphatic carbocycles. The molecule has 0 radical (unpaired) electrons. The predicted molar refractivity (Wildman–Crippen MR) is 48.2 cm³/mol. The van der Waals surface area contributed by atoms with E-state index in [9.17, 15) is 9.59 Å². The molecule has 0 saturated carbocycles. The Morgan fingerprint density at radius 1 is 1.58 bits per heavy atom. The fourth-order valence-corrected chi connectivity index (χ4v) is 1.29. The maximum atomic E-state index is 10.6. The molecule has 0 aliphatic heterocycles. The van der Waals surface area contributed by atoms with Crippen LogP contribution in [-0.2, 0) is 9.59 Å². The van der Waals surface area contributed by atoms with Gasteiger partial charge in [0, 0.05) is 11.8 Å². The Bertz CT molecular complexity index is 172. The standard InChI is InChI=1S/C7H13NO3S/c1-3-12-4-5(2)8-6(9)7(10)11/h5H,3-4H2,1-2H3,(H,8,9)(H,10,11). The maximum absolute atomic E-state index is 10.6. The average Bonchev–Trinajstić information content (AvgIpc) is 2.00. The molecule has 1 amide bonds. The summed E-state index contributed by atoms with van der Waals surface area (Å²) in [4.78, 5) is 20.7. The lowest BCUT2D eigenvalue weighted by molar-refractivity contribution is -0.150. The van der Waals surface area contributed by atoms with Gasteiger partial charge in [-0.25, -0.2) is 4.79 Å². The number of nitrogens with one attached hydrogen (secondary N) is 1. The highest BCUT2D eigenvalue weighted by Crippen LogP contribution is 2.00. The van der Waals surface area contributed by atoms with E-state index in [2.05, 4.69) is 5.32 Å². The first-order valence-electron chi connectivity index (χ1n) is 3.69. The Morgan fingerprint density at radius 2 is 2.17 bits per heavy atom. The Hall–Kier alpha value is -0.710. The smallest absolute Gasteiger partial charge is 0.394 e. The highest BCUT2D eigenvalue weighted by molar-refractivity contribution is 7.99. The summed E-state index contributed by atoms with van der Waals surface area (Å²) >= 11 is 1.66. The van der Waals surface area contributed by atoms with Crippen molar-refractivity contribution in [2.45, 2.75) is 19.9 Å². The molecule has 0 spiro atoms. The first-order valence-corrected chi connectivity index (χ1v) is 4.85. The molecule has 0 saturated heterocycles. The molecule has 0 aromatic rings. The number of carboxylic acid groups (broad SMARTS) is 1. The van der Waals surface area contributed by atoms with Gasteiger partial charge in [0.15, 0.2) is 0 Å². The number of carbonyl (C=O) groups is 2. The van der Waals surface area contributed by atoms with Gasteiger partial charge in [-0.15, -0.1) is 0 Å². The summed E-state index contributed by atoms with van der Waals surface area (Å²) in [6, 6.07) is -0.0847. The molecule has 0 bridgehead atoms. The van der Waals surface area contributed by atoms with Crippen molar-refractivity contribution in [1.82, 2.24) is 5.32 Å². The van der Waals surface area contributed by atoms with Gasteiger partial charge in [0.1, 0.15) is 0 Å². The minimum absolute atomic E-state index is 0.0847. The fraction of sp³-hybridized carbons (Fsp3) is 0.714. The first kappa shape index (κ1) is 11.3. The molecule has 2 N–H and O–H groups in total. The van der Waals surface area contributed by atoms with Gasteiger partial charge in [-0.05, 0) is 12.7 Å². The van der Waals surface area contributed by atoms with E-state index in [4.69, 9.17) is 5.11 Å². The van der Waals surface area contributed by atoms with Crippen molar-refractivity contribution < 1.29 is 14.7 Å². The third kappa shape index (κ3) is 5.01. The maximum Gasteiger partial charge on any atom is 0.394 e. The topological polar surface area (TPSA) is 66.4 Å². The monoisotopic (exact) mass is 191 g/mol. The second-order valence-corrected chi connectivity index (χ2v) is 3.66. The molecule has 0 rings (SSSR count). The van der Waals surface area contributed by atoms with Crippen molar-refractivity contribution in [3.05, 3.63) is 0 Å². The van der Waals surface area contributed by atoms with Gasteiger partial charge < -0.3 is 10.4 Å². The summed E-state index contributed by atoms with van der Waals surface area (Å²) in [5.74, 6) is -0.648. The van der Waals surface area contributed by atoms with Gasteiger partial charge in [-0.1, -0.05) is 6.92 Å². The first-order chi connectivity index (χ1) is 5.57. The van der Waals surface area contributed by atoms with Gasteiger partial charge in [-0.2, -0.15) is 11.8 Å². The zero-order valence-corrected chi connectivity index (χ0v) is 7.98. The molecule has 0 aliphatic rings. The number of thioether (sulfide) groups is 1. The number of carboxylic acids is 1. The van der Waals surface area contributed by atoms with E-state index in [1.54, 1.807) is 18.7 Å². The number of aliphatic carboxylic acids is 1. The molecule has 70 valence electrons. The van der Waals surface area contributed by atoms with Crippen molar-refractivity contribution in [1.29, 1.82) is 0 Å². The zero-order valence-electron chi connectivity index (χ0n) is 7.16. The number of amides is 1. The Morgan fingerprint density at radius 3 is 2.58 bits per heavy atom. The Balaban J connectivity index is 3.61. The number of hydrogen-bond acceptors (Lipinski definition) is 3. The van der Waals surface area contributed by atoms with Crippen LogP contribution in [0.15, 0.2) is 0 Å². The molecule has 4 nitrogen and oxygen atoms in total. The lowest BCUT2D eigenvalue weighted by Gasteiger charge is -2.10. The van der Waals surface area contributed by atoms with Crippen LogP contribution in [0.4, 0.5) is 0 Å². The predicted octanol–water partition coefficient (Wildman–Crippen LogP) is 0.329. The summed E-state index contributed by atoms with van der Waals surface area (Å²) in [5.41, 5.74) is 0. The zero-order chi connectivity index (χ0) is 9.56. The number of hydrogen-bond donors (Lipinski definition) is 2. The van der Waals surface area contributed by atoms with Gasteiger partial charge in [0.2, 0.25) is 0 Å². The van der Waals surface area contributed by atoms with E-state index in [-0.39, 0.29) is 6.04 Å². The van der Waals surface area contributed by atoms with Gasteiger partial charge in [0.25, 0.3) is 0 Å². The number of carbonyl (C=O) groups excluding carboxylic acids is 1. The summed E-state index contributed by atoms with van der Waals surface area (Å²) in [7, 11) is 0. The SMILES string of the molecule is CCSCC(C)NC(=O)C(=O)O. The summed E-state index contributed by atoms with van der Waals surface area (Å²) in [6.07, 6.45) is 0. The van der Waals surface area contributed by atoms with Crippen LogP contribution in [-0.4, -0.2) is 34.5 Å². The van der Waals surface area contributed by atoms with Crippen LogP contribution in [0.3, 0.4) is 0 Å². The van der Waals surface area contributed by atoms with E-state index >= 15 is 0 Å². The second-order valence-electron chi connectivity index (χ2n) is 2.34. The van der Waals surface area contributed by atoms with Crippen LogP contribution >= 0.6 is 11.8 Å². The van der Waals surface area contributed by atoms with Crippen LogP contribution in [0.2, 0.25) is 0 Å². The van der Waals surface area contributed by atoms with Crippen molar-refractivity contribution in [3.63, 3.8) is 0 Å². The Labute approximate surface area is 75.7 Å². The minimum atomic E-state index is -1.43. The average molecular weight is 191 g/mol. The number of rotatable bonds is 4. The van der Waals surface area contributed by atoms with E-state index in [0.29, 0.717) is 0 Å². The van der Waals surface area contributed by atoms with E-state index in [0.717, 1.165) is 11.5 Å². The molecule has 0 fully saturated rings. The van der Waals surface area contributed by atoms with Crippen LogP contribution in [0.25, 0.3) is 0 Å². The van der Waals surface area contributed by atoms with Gasteiger partial charge in [0.05, 0.1) is 0 Å². The third-order valence-electron chi connectivity index (χ3n) is 1.14. The van der Waals surface area contributed by atoms with Gasteiger partial charge >= 0.3 is 11.9 Å². The molecule has 1 unspecified atom stereocenters.